The van der Waals surface area contributed by atoms with E-state index in [1.165, 1.54) is 0 Å². The topological polar surface area (TPSA) is 75.9 Å². The van der Waals surface area contributed by atoms with Gasteiger partial charge in [0.1, 0.15) is 6.61 Å². The molecule has 1 heterocycles. The average Bonchev–Trinajstić information content (AvgIpc) is 3.06. The van der Waals surface area contributed by atoms with Crippen LogP contribution in [-0.2, 0) is 16.1 Å². The Labute approximate surface area is 143 Å². The number of nitrogens with two attached hydrogens (primary N) is 1. The smallest absolute Gasteiger partial charge is 0.410 e. The molecule has 1 atom stereocenters. The molecule has 1 unspecified atom stereocenters. The van der Waals surface area contributed by atoms with E-state index in [1.54, 1.807) is 9.80 Å². The van der Waals surface area contributed by atoms with Crippen LogP contribution in [0.3, 0.4) is 0 Å². The lowest BCUT2D eigenvalue weighted by molar-refractivity contribution is -0.128. The fourth-order valence-electron chi connectivity index (χ4n) is 2.91. The molecule has 2 N–H and O–H groups in total. The van der Waals surface area contributed by atoms with E-state index in [2.05, 4.69) is 0 Å². The van der Waals surface area contributed by atoms with E-state index in [9.17, 15) is 9.59 Å². The molecule has 0 aromatic heterocycles. The number of rotatable bonds is 6. The first-order valence-corrected chi connectivity index (χ1v) is 8.46. The predicted octanol–water partition coefficient (Wildman–Crippen LogP) is 1.84. The molecule has 24 heavy (non-hydrogen) atoms. The van der Waals surface area contributed by atoms with Crippen LogP contribution in [0, 0.1) is 5.92 Å². The molecule has 1 aliphatic heterocycles. The summed E-state index contributed by atoms with van der Waals surface area (Å²) in [6.45, 7) is 6.23. The molecule has 1 fully saturated rings. The first kappa shape index (κ1) is 18.3. The standard InChI is InChI=1S/C18H27N3O3/c1-14(2)21(12-16-8-9-20(11-16)17(22)10-19)18(23)24-13-15-6-4-3-5-7-15/h3-7,14,16H,8-13,19H2,1-2H3. The Kier molecular flexibility index (Phi) is 6.61. The minimum atomic E-state index is -0.308. The van der Waals surface area contributed by atoms with Gasteiger partial charge < -0.3 is 20.3 Å². The Bertz CT molecular complexity index is 548. The zero-order valence-electron chi connectivity index (χ0n) is 14.5. The SMILES string of the molecule is CC(C)N(CC1CCN(C(=O)CN)C1)C(=O)OCc1ccccc1. The maximum Gasteiger partial charge on any atom is 0.410 e. The highest BCUT2D eigenvalue weighted by Gasteiger charge is 2.29. The van der Waals surface area contributed by atoms with Crippen LogP contribution >= 0.6 is 0 Å². The molecule has 6 nitrogen and oxygen atoms in total. The lowest BCUT2D eigenvalue weighted by Crippen LogP contribution is -2.42. The van der Waals surface area contributed by atoms with Gasteiger partial charge in [-0.05, 0) is 31.7 Å². The van der Waals surface area contributed by atoms with Gasteiger partial charge in [0.2, 0.25) is 5.91 Å². The van der Waals surface area contributed by atoms with Crippen molar-refractivity contribution in [2.75, 3.05) is 26.2 Å². The molecule has 2 rings (SSSR count). The molecule has 0 aliphatic carbocycles. The average molecular weight is 333 g/mol. The van der Waals surface area contributed by atoms with Crippen molar-refractivity contribution >= 4 is 12.0 Å². The van der Waals surface area contributed by atoms with Crippen LogP contribution in [0.15, 0.2) is 30.3 Å². The van der Waals surface area contributed by atoms with Crippen molar-refractivity contribution in [1.82, 2.24) is 9.80 Å². The maximum absolute atomic E-state index is 12.4. The molecule has 6 heteroatoms. The van der Waals surface area contributed by atoms with E-state index >= 15 is 0 Å². The lowest BCUT2D eigenvalue weighted by Gasteiger charge is -2.28. The zero-order valence-corrected chi connectivity index (χ0v) is 14.5. The van der Waals surface area contributed by atoms with E-state index in [1.807, 2.05) is 44.2 Å². The summed E-state index contributed by atoms with van der Waals surface area (Å²) >= 11 is 0. The zero-order chi connectivity index (χ0) is 17.5. The van der Waals surface area contributed by atoms with Crippen molar-refractivity contribution in [2.24, 2.45) is 11.7 Å². The van der Waals surface area contributed by atoms with Gasteiger partial charge in [0, 0.05) is 25.7 Å². The summed E-state index contributed by atoms with van der Waals surface area (Å²) in [7, 11) is 0. The first-order chi connectivity index (χ1) is 11.5. The van der Waals surface area contributed by atoms with Gasteiger partial charge in [-0.25, -0.2) is 4.79 Å². The Morgan fingerprint density at radius 2 is 2.04 bits per heavy atom. The summed E-state index contributed by atoms with van der Waals surface area (Å²) in [4.78, 5) is 27.6. The quantitative estimate of drug-likeness (QED) is 0.862. The molecule has 1 aliphatic rings. The van der Waals surface area contributed by atoms with Gasteiger partial charge in [0.05, 0.1) is 6.54 Å². The first-order valence-electron chi connectivity index (χ1n) is 8.46. The number of ether oxygens (including phenoxy) is 1. The van der Waals surface area contributed by atoms with Crippen molar-refractivity contribution in [3.63, 3.8) is 0 Å². The van der Waals surface area contributed by atoms with Gasteiger partial charge in [-0.2, -0.15) is 0 Å². The van der Waals surface area contributed by atoms with Crippen molar-refractivity contribution in [1.29, 1.82) is 0 Å². The fourth-order valence-corrected chi connectivity index (χ4v) is 2.91. The second-order valence-corrected chi connectivity index (χ2v) is 6.48. The van der Waals surface area contributed by atoms with Gasteiger partial charge in [0.15, 0.2) is 0 Å². The number of carbonyl (C=O) groups excluding carboxylic acids is 2. The van der Waals surface area contributed by atoms with E-state index in [4.69, 9.17) is 10.5 Å². The van der Waals surface area contributed by atoms with Gasteiger partial charge in [0.25, 0.3) is 0 Å². The third kappa shape index (κ3) is 4.96. The number of nitrogens with zero attached hydrogens (tertiary/aromatic N) is 2. The van der Waals surface area contributed by atoms with Gasteiger partial charge >= 0.3 is 6.09 Å². The number of hydrogen-bond donors (Lipinski definition) is 1. The maximum atomic E-state index is 12.4. The third-order valence-corrected chi connectivity index (χ3v) is 4.33. The lowest BCUT2D eigenvalue weighted by atomic mass is 10.1. The number of amides is 2. The number of benzene rings is 1. The molecule has 1 saturated heterocycles. The van der Waals surface area contributed by atoms with E-state index in [0.717, 1.165) is 12.0 Å². The van der Waals surface area contributed by atoms with Gasteiger partial charge in [-0.3, -0.25) is 4.79 Å². The number of hydrogen-bond acceptors (Lipinski definition) is 4. The van der Waals surface area contributed by atoms with Crippen LogP contribution in [0.5, 0.6) is 0 Å². The second kappa shape index (κ2) is 8.68. The monoisotopic (exact) mass is 333 g/mol. The van der Waals surface area contributed by atoms with Crippen molar-refractivity contribution in [3.05, 3.63) is 35.9 Å². The van der Waals surface area contributed by atoms with Gasteiger partial charge in [-0.15, -0.1) is 0 Å². The molecular formula is C18H27N3O3. The third-order valence-electron chi connectivity index (χ3n) is 4.33. The summed E-state index contributed by atoms with van der Waals surface area (Å²) in [5.74, 6) is 0.243. The second-order valence-electron chi connectivity index (χ2n) is 6.48. The Hall–Kier alpha value is -2.08. The molecule has 132 valence electrons. The summed E-state index contributed by atoms with van der Waals surface area (Å²) < 4.78 is 5.44. The highest BCUT2D eigenvalue weighted by molar-refractivity contribution is 5.78. The molecular weight excluding hydrogens is 306 g/mol. The molecule has 0 radical (unpaired) electrons. The van der Waals surface area contributed by atoms with Crippen LogP contribution in [0.2, 0.25) is 0 Å². The minimum Gasteiger partial charge on any atom is -0.445 e. The molecule has 0 saturated carbocycles. The summed E-state index contributed by atoms with van der Waals surface area (Å²) in [5.41, 5.74) is 6.38. The molecule has 1 aromatic carbocycles. The Balaban J connectivity index is 1.87. The minimum absolute atomic E-state index is 0.0275. The van der Waals surface area contributed by atoms with Crippen LogP contribution in [0.4, 0.5) is 4.79 Å². The van der Waals surface area contributed by atoms with Crippen LogP contribution in [0.1, 0.15) is 25.8 Å². The molecule has 0 spiro atoms. The van der Waals surface area contributed by atoms with Crippen molar-refractivity contribution in [2.45, 2.75) is 32.9 Å². The summed E-state index contributed by atoms with van der Waals surface area (Å²) in [5, 5.41) is 0. The van der Waals surface area contributed by atoms with Gasteiger partial charge in [-0.1, -0.05) is 30.3 Å². The van der Waals surface area contributed by atoms with E-state index in [-0.39, 0.29) is 37.1 Å². The van der Waals surface area contributed by atoms with Crippen molar-refractivity contribution < 1.29 is 14.3 Å². The normalized spacial score (nSPS) is 17.2. The van der Waals surface area contributed by atoms with E-state index < -0.39 is 0 Å². The van der Waals surface area contributed by atoms with Crippen LogP contribution in [-0.4, -0.2) is 54.0 Å². The fraction of sp³-hybridized carbons (Fsp3) is 0.556. The van der Waals surface area contributed by atoms with Crippen molar-refractivity contribution in [3.8, 4) is 0 Å². The largest absolute Gasteiger partial charge is 0.445 e. The predicted molar refractivity (Wildman–Crippen MR) is 92.2 cm³/mol. The molecule has 2 amide bonds. The summed E-state index contributed by atoms with van der Waals surface area (Å²) in [6.07, 6.45) is 0.582. The molecule has 0 bridgehead atoms. The molecule has 1 aromatic rings. The number of carbonyl (C=O) groups is 2. The van der Waals surface area contributed by atoms with E-state index in [0.29, 0.717) is 19.6 Å². The Morgan fingerprint density at radius 3 is 2.67 bits per heavy atom. The van der Waals surface area contributed by atoms with Crippen LogP contribution < -0.4 is 5.73 Å². The highest BCUT2D eigenvalue weighted by Crippen LogP contribution is 2.19. The highest BCUT2D eigenvalue weighted by atomic mass is 16.6. The number of likely N-dealkylation sites (tertiary alicyclic amines) is 1. The Morgan fingerprint density at radius 1 is 1.33 bits per heavy atom. The van der Waals surface area contributed by atoms with Crippen LogP contribution in [0.25, 0.3) is 0 Å². The summed E-state index contributed by atoms with van der Waals surface area (Å²) in [6, 6.07) is 9.68.